The third kappa shape index (κ3) is 23.9. The average molecular weight is 1310 g/mol. The Morgan fingerprint density at radius 1 is 0.543 bits per heavy atom. The molecular weight excluding hydrogens is 1230 g/mol. The highest BCUT2D eigenvalue weighted by atomic mass is 35.7. The number of aromatic nitrogens is 8. The number of rotatable bonds is 20. The number of oxime groups is 2. The fourth-order valence-electron chi connectivity index (χ4n) is 8.24. The van der Waals surface area contributed by atoms with Gasteiger partial charge in [0.15, 0.2) is 0 Å². The van der Waals surface area contributed by atoms with E-state index in [1.54, 1.807) is 67.7 Å². The molecule has 0 bridgehead atoms. The molecule has 482 valence electrons. The number of pyridine rings is 2. The fraction of sp³-hybridized carbons (Fsp3) is 0.246. The zero-order valence-electron chi connectivity index (χ0n) is 52.8. The van der Waals surface area contributed by atoms with Gasteiger partial charge in [-0.3, -0.25) is 24.4 Å². The van der Waals surface area contributed by atoms with Crippen molar-refractivity contribution < 1.29 is 40.5 Å². The number of halogens is 1. The van der Waals surface area contributed by atoms with E-state index in [0.717, 1.165) is 117 Å². The topological polar surface area (TPSA) is 263 Å². The molecule has 92 heavy (non-hydrogen) atoms. The van der Waals surface area contributed by atoms with Gasteiger partial charge in [-0.2, -0.15) is 33.6 Å². The van der Waals surface area contributed by atoms with E-state index in [1.165, 1.54) is 24.3 Å². The summed E-state index contributed by atoms with van der Waals surface area (Å²) >= 11 is 0. The zero-order chi connectivity index (χ0) is 66.1. The van der Waals surface area contributed by atoms with Crippen molar-refractivity contribution in [3.63, 3.8) is 0 Å². The number of hydrogen-bond donors (Lipinski definition) is 3. The monoisotopic (exact) mass is 1300 g/mol. The minimum atomic E-state index is -3.95. The van der Waals surface area contributed by atoms with E-state index in [1.807, 2.05) is 142 Å². The molecule has 0 radical (unpaired) electrons. The zero-order valence-corrected chi connectivity index (χ0v) is 55.2. The Hall–Kier alpha value is -9.77. The third-order valence-electron chi connectivity index (χ3n) is 12.7. The minimum absolute atomic E-state index is 0.0668. The van der Waals surface area contributed by atoms with Crippen molar-refractivity contribution in [2.75, 3.05) is 19.8 Å². The van der Waals surface area contributed by atoms with Gasteiger partial charge in [-0.1, -0.05) is 115 Å². The maximum Gasteiger partial charge on any atom is 0.358 e. The molecule has 11 rings (SSSR count). The maximum absolute atomic E-state index is 12.2. The molecule has 5 aromatic heterocycles. The molecule has 1 aliphatic rings. The first kappa shape index (κ1) is 71.3. The summed E-state index contributed by atoms with van der Waals surface area (Å²) < 4.78 is 68.1. The van der Waals surface area contributed by atoms with Crippen LogP contribution in [-0.4, -0.2) is 99.3 Å². The predicted octanol–water partition coefficient (Wildman–Crippen LogP) is 15.0. The molecule has 1 aliphatic heterocycles. The molecular formula is C69H78ClN11O9S2. The molecule has 0 fully saturated rings. The van der Waals surface area contributed by atoms with Crippen molar-refractivity contribution in [3.05, 3.63) is 229 Å². The number of benzene rings is 5. The molecule has 0 atom stereocenters. The maximum atomic E-state index is 12.2. The van der Waals surface area contributed by atoms with Crippen LogP contribution in [0.3, 0.4) is 0 Å². The van der Waals surface area contributed by atoms with Crippen LogP contribution in [0.1, 0.15) is 89.0 Å². The Morgan fingerprint density at radius 3 is 1.34 bits per heavy atom. The van der Waals surface area contributed by atoms with Crippen LogP contribution in [0, 0.1) is 13.8 Å². The molecule has 5 aromatic carbocycles. The molecule has 0 amide bonds. The summed E-state index contributed by atoms with van der Waals surface area (Å²) in [4.78, 5) is 9.50. The normalized spacial score (nSPS) is 11.6. The molecule has 0 aliphatic carbocycles. The van der Waals surface area contributed by atoms with Crippen molar-refractivity contribution in [2.45, 2.75) is 104 Å². The summed E-state index contributed by atoms with van der Waals surface area (Å²) in [6, 6.07) is 53.7. The molecule has 0 saturated carbocycles. The summed E-state index contributed by atoms with van der Waals surface area (Å²) in [7, 11) is -2.41. The fourth-order valence-corrected chi connectivity index (χ4v) is 9.79. The van der Waals surface area contributed by atoms with Gasteiger partial charge >= 0.3 is 10.1 Å². The van der Waals surface area contributed by atoms with Crippen molar-refractivity contribution in [1.29, 1.82) is 0 Å². The first-order chi connectivity index (χ1) is 44.4. The highest BCUT2D eigenvalue weighted by Gasteiger charge is 2.19. The summed E-state index contributed by atoms with van der Waals surface area (Å²) in [5, 5.41) is 39.1. The molecule has 0 spiro atoms. The van der Waals surface area contributed by atoms with Gasteiger partial charge in [-0.25, -0.2) is 8.42 Å². The lowest BCUT2D eigenvalue weighted by Gasteiger charge is -2.08. The SMILES string of the molecule is CCCOc1ccccc1-c1cc(C/C(C)=N/O)[nH]n1.CCCOc1ccccc1-c1cc(C/C(C)=N/OS(=O)(=O)c2ccc(C)cc2)[nH]n1.CCCOc1ccccc1-c1cc2n(n1)N=C(C)C2.Cc1ccc(S(=O)(=O)Cl)cc1.c1ccncc1.c1ccncc1. The lowest BCUT2D eigenvalue weighted by molar-refractivity contribution is 0.317. The van der Waals surface area contributed by atoms with Crippen LogP contribution in [0.25, 0.3) is 33.8 Å². The first-order valence-electron chi connectivity index (χ1n) is 29.7. The van der Waals surface area contributed by atoms with Gasteiger partial charge in [0.1, 0.15) is 22.1 Å². The standard InChI is InChI=1S/C22H25N3O4S.C15H19N3O2.C15H17N3O.C7H7ClO2S.2C5H5N/c1-4-13-28-22-8-6-5-7-20(22)21-15-18(23-24-21)14-17(3)25-29-30(26,27)19-11-9-16(2)10-12-19;1-3-8-20-15-7-5-4-6-13(15)14-10-12(16-17-14)9-11(2)18-19;1-3-8-19-15-7-5-4-6-13(15)14-10-12-9-11(2)16-18(12)17-14;1-6-2-4-7(5-3-6)11(8,9)10;2*1-2-4-6-5-3-1/h5-12,15H,4,13-14H2,1-3H3,(H,23,24);4-7,10,19H,3,8-9H2,1-2H3,(H,16,17);4-7,10H,3,8-9H2,1-2H3;2-5H,1H3;2*1-5H/b25-17+;18-11+;;;;. The Balaban J connectivity index is 0.000000190. The van der Waals surface area contributed by atoms with Gasteiger partial charge in [0.05, 0.1) is 58.9 Å². The van der Waals surface area contributed by atoms with Crippen molar-refractivity contribution in [3.8, 4) is 51.0 Å². The lowest BCUT2D eigenvalue weighted by Crippen LogP contribution is -2.06. The largest absolute Gasteiger partial charge is 0.493 e. The van der Waals surface area contributed by atoms with Crippen LogP contribution < -0.4 is 14.2 Å². The average Bonchev–Trinajstić information content (AvgIpc) is 1.74. The van der Waals surface area contributed by atoms with Gasteiger partial charge in [-0.05, 0) is 157 Å². The summed E-state index contributed by atoms with van der Waals surface area (Å²) in [6.07, 6.45) is 11.7. The van der Waals surface area contributed by atoms with Crippen LogP contribution in [0.5, 0.6) is 17.2 Å². The van der Waals surface area contributed by atoms with Crippen molar-refractivity contribution >= 4 is 47.0 Å². The van der Waals surface area contributed by atoms with E-state index in [2.05, 4.69) is 77.7 Å². The number of fused-ring (bicyclic) bond motifs is 1. The van der Waals surface area contributed by atoms with Crippen LogP contribution in [-0.2, 0) is 42.7 Å². The van der Waals surface area contributed by atoms with Crippen LogP contribution in [0.2, 0.25) is 0 Å². The number of para-hydroxylation sites is 3. The second-order valence-electron chi connectivity index (χ2n) is 20.7. The third-order valence-corrected chi connectivity index (χ3v) is 15.2. The number of aromatic amines is 2. The Morgan fingerprint density at radius 2 is 0.957 bits per heavy atom. The van der Waals surface area contributed by atoms with Crippen molar-refractivity contribution in [1.82, 2.24) is 40.3 Å². The van der Waals surface area contributed by atoms with Crippen molar-refractivity contribution in [2.24, 2.45) is 15.4 Å². The second-order valence-corrected chi connectivity index (χ2v) is 24.8. The Kier molecular flexibility index (Phi) is 29.0. The number of ether oxygens (including phenoxy) is 3. The second kappa shape index (κ2) is 37.4. The number of hydrogen-bond acceptors (Lipinski definition) is 17. The van der Waals surface area contributed by atoms with Crippen LogP contribution in [0.15, 0.2) is 226 Å². The van der Waals surface area contributed by atoms with Gasteiger partial charge in [0.2, 0.25) is 0 Å². The number of nitrogens with zero attached hydrogens (tertiary/aromatic N) is 9. The van der Waals surface area contributed by atoms with E-state index in [-0.39, 0.29) is 9.79 Å². The number of nitrogens with one attached hydrogen (secondary N) is 2. The van der Waals surface area contributed by atoms with E-state index in [0.29, 0.717) is 37.5 Å². The highest BCUT2D eigenvalue weighted by Crippen LogP contribution is 2.32. The quantitative estimate of drug-likeness (QED) is 0.0277. The smallest absolute Gasteiger partial charge is 0.358 e. The van der Waals surface area contributed by atoms with Gasteiger partial charge in [-0.15, -0.1) is 0 Å². The molecule has 0 saturated heterocycles. The summed E-state index contributed by atoms with van der Waals surface area (Å²) in [5.41, 5.74) is 12.4. The molecule has 3 N–H and O–H groups in total. The van der Waals surface area contributed by atoms with E-state index >= 15 is 0 Å². The highest BCUT2D eigenvalue weighted by molar-refractivity contribution is 8.13. The number of aryl methyl sites for hydroxylation is 2. The summed E-state index contributed by atoms with van der Waals surface area (Å²) in [5.74, 6) is 2.50. The Labute approximate surface area is 543 Å². The molecule has 20 nitrogen and oxygen atoms in total. The summed E-state index contributed by atoms with van der Waals surface area (Å²) in [6.45, 7) is 17.5. The van der Waals surface area contributed by atoms with Gasteiger partial charge in [0.25, 0.3) is 9.05 Å². The lowest BCUT2D eigenvalue weighted by atomic mass is 10.1. The molecule has 23 heteroatoms. The van der Waals surface area contributed by atoms with E-state index in [4.69, 9.17) is 34.4 Å². The van der Waals surface area contributed by atoms with Gasteiger partial charge < -0.3 is 19.4 Å². The Bertz CT molecular complexity index is 4060. The van der Waals surface area contributed by atoms with E-state index < -0.39 is 19.2 Å². The molecule has 6 heterocycles. The number of H-pyrrole nitrogens is 2. The van der Waals surface area contributed by atoms with Crippen LogP contribution >= 0.6 is 10.7 Å². The van der Waals surface area contributed by atoms with E-state index in [9.17, 15) is 16.8 Å². The molecule has 10 aromatic rings. The van der Waals surface area contributed by atoms with Crippen LogP contribution in [0.4, 0.5) is 0 Å². The minimum Gasteiger partial charge on any atom is -0.493 e. The molecule has 0 unspecified atom stereocenters. The van der Waals surface area contributed by atoms with Gasteiger partial charge in [0, 0.05) is 88.5 Å². The predicted molar refractivity (Wildman–Crippen MR) is 363 cm³/mol. The first-order valence-corrected chi connectivity index (χ1v) is 33.4.